The molecule has 1 atom stereocenters. The van der Waals surface area contributed by atoms with Crippen molar-refractivity contribution in [1.29, 1.82) is 0 Å². The summed E-state index contributed by atoms with van der Waals surface area (Å²) >= 11 is 0. The SMILES string of the molecule is Cc1cc(F)cc(C)c1S(=O)(=O)NC(C)CN(C)C. The lowest BCUT2D eigenvalue weighted by atomic mass is 10.1. The summed E-state index contributed by atoms with van der Waals surface area (Å²) in [5.74, 6) is -0.421. The highest BCUT2D eigenvalue weighted by Gasteiger charge is 2.22. The predicted octanol–water partition coefficient (Wildman–Crippen LogP) is 1.67. The molecule has 4 nitrogen and oxygen atoms in total. The van der Waals surface area contributed by atoms with Crippen molar-refractivity contribution in [2.24, 2.45) is 0 Å². The molecule has 1 aromatic carbocycles. The Morgan fingerprint density at radius 2 is 1.74 bits per heavy atom. The first-order valence-electron chi connectivity index (χ1n) is 6.07. The van der Waals surface area contributed by atoms with E-state index >= 15 is 0 Å². The molecule has 0 heterocycles. The largest absolute Gasteiger partial charge is 0.308 e. The number of rotatable bonds is 5. The Labute approximate surface area is 114 Å². The summed E-state index contributed by atoms with van der Waals surface area (Å²) in [6.45, 7) is 5.59. The molecule has 0 radical (unpaired) electrons. The molecule has 0 amide bonds. The Morgan fingerprint density at radius 3 is 2.16 bits per heavy atom. The van der Waals surface area contributed by atoms with Gasteiger partial charge in [-0.2, -0.15) is 0 Å². The van der Waals surface area contributed by atoms with Crippen LogP contribution in [-0.2, 0) is 10.0 Å². The molecule has 0 aromatic heterocycles. The van der Waals surface area contributed by atoms with E-state index in [1.165, 1.54) is 12.1 Å². The van der Waals surface area contributed by atoms with E-state index < -0.39 is 15.8 Å². The molecule has 0 aliphatic carbocycles. The van der Waals surface area contributed by atoms with Crippen LogP contribution in [0.15, 0.2) is 17.0 Å². The van der Waals surface area contributed by atoms with Gasteiger partial charge in [-0.1, -0.05) is 0 Å². The Hall–Kier alpha value is -0.980. The smallest absolute Gasteiger partial charge is 0.241 e. The lowest BCUT2D eigenvalue weighted by Crippen LogP contribution is -2.39. The van der Waals surface area contributed by atoms with Crippen molar-refractivity contribution in [1.82, 2.24) is 9.62 Å². The fourth-order valence-electron chi connectivity index (χ4n) is 2.23. The first-order chi connectivity index (χ1) is 8.63. The van der Waals surface area contributed by atoms with Gasteiger partial charge >= 0.3 is 0 Å². The van der Waals surface area contributed by atoms with E-state index in [0.29, 0.717) is 17.7 Å². The monoisotopic (exact) mass is 288 g/mol. The van der Waals surface area contributed by atoms with Gasteiger partial charge in [-0.05, 0) is 58.1 Å². The van der Waals surface area contributed by atoms with Crippen molar-refractivity contribution in [3.63, 3.8) is 0 Å². The Kier molecular flexibility index (Phi) is 5.06. The first-order valence-corrected chi connectivity index (χ1v) is 7.55. The minimum atomic E-state index is -3.63. The highest BCUT2D eigenvalue weighted by Crippen LogP contribution is 2.21. The van der Waals surface area contributed by atoms with Crippen molar-refractivity contribution in [2.45, 2.75) is 31.7 Å². The highest BCUT2D eigenvalue weighted by molar-refractivity contribution is 7.89. The van der Waals surface area contributed by atoms with Gasteiger partial charge in [0.15, 0.2) is 0 Å². The standard InChI is InChI=1S/C13H21FN2O2S/c1-9-6-12(14)7-10(2)13(9)19(17,18)15-11(3)8-16(4)5/h6-7,11,15H,8H2,1-5H3. The van der Waals surface area contributed by atoms with Gasteiger partial charge in [0.2, 0.25) is 10.0 Å². The number of benzene rings is 1. The van der Waals surface area contributed by atoms with Crippen LogP contribution in [0.4, 0.5) is 4.39 Å². The lowest BCUT2D eigenvalue weighted by molar-refractivity contribution is 0.370. The number of aryl methyl sites for hydroxylation is 2. The van der Waals surface area contributed by atoms with E-state index in [-0.39, 0.29) is 10.9 Å². The van der Waals surface area contributed by atoms with Crippen LogP contribution >= 0.6 is 0 Å². The average Bonchev–Trinajstić information content (AvgIpc) is 2.10. The van der Waals surface area contributed by atoms with E-state index in [4.69, 9.17) is 0 Å². The summed E-state index contributed by atoms with van der Waals surface area (Å²) in [6, 6.07) is 2.25. The zero-order valence-electron chi connectivity index (χ0n) is 12.0. The zero-order valence-corrected chi connectivity index (χ0v) is 12.8. The maximum absolute atomic E-state index is 13.2. The molecule has 1 rings (SSSR count). The third-order valence-corrected chi connectivity index (χ3v) is 4.58. The maximum Gasteiger partial charge on any atom is 0.241 e. The molecule has 0 spiro atoms. The maximum atomic E-state index is 13.2. The van der Waals surface area contributed by atoms with E-state index in [1.54, 1.807) is 20.8 Å². The fraction of sp³-hybridized carbons (Fsp3) is 0.538. The number of likely N-dealkylation sites (N-methyl/N-ethyl adjacent to an activating group) is 1. The molecule has 0 saturated carbocycles. The third-order valence-electron chi connectivity index (χ3n) is 2.69. The van der Waals surface area contributed by atoms with Crippen molar-refractivity contribution in [3.8, 4) is 0 Å². The molecule has 108 valence electrons. The molecule has 0 bridgehead atoms. The molecule has 0 saturated heterocycles. The molecule has 0 aliphatic rings. The van der Waals surface area contributed by atoms with Crippen LogP contribution in [0.25, 0.3) is 0 Å². The quantitative estimate of drug-likeness (QED) is 0.896. The second-order valence-corrected chi connectivity index (χ2v) is 6.80. The number of halogens is 1. The van der Waals surface area contributed by atoms with E-state index in [2.05, 4.69) is 4.72 Å². The minimum Gasteiger partial charge on any atom is -0.308 e. The summed E-state index contributed by atoms with van der Waals surface area (Å²) < 4.78 is 40.5. The second-order valence-electron chi connectivity index (χ2n) is 5.15. The van der Waals surface area contributed by atoms with Gasteiger partial charge in [0.25, 0.3) is 0 Å². The van der Waals surface area contributed by atoms with Crippen LogP contribution in [0.2, 0.25) is 0 Å². The molecular weight excluding hydrogens is 267 g/mol. The van der Waals surface area contributed by atoms with Crippen LogP contribution in [0.3, 0.4) is 0 Å². The van der Waals surface area contributed by atoms with Crippen LogP contribution in [-0.4, -0.2) is 40.0 Å². The van der Waals surface area contributed by atoms with Crippen molar-refractivity contribution < 1.29 is 12.8 Å². The molecule has 6 heteroatoms. The average molecular weight is 288 g/mol. The van der Waals surface area contributed by atoms with E-state index in [0.717, 1.165) is 0 Å². The van der Waals surface area contributed by atoms with Crippen molar-refractivity contribution >= 4 is 10.0 Å². The lowest BCUT2D eigenvalue weighted by Gasteiger charge is -2.20. The fourth-order valence-corrected chi connectivity index (χ4v) is 3.92. The van der Waals surface area contributed by atoms with Gasteiger partial charge in [0.05, 0.1) is 4.90 Å². The Morgan fingerprint density at radius 1 is 1.26 bits per heavy atom. The van der Waals surface area contributed by atoms with Gasteiger partial charge in [0.1, 0.15) is 5.82 Å². The predicted molar refractivity (Wildman–Crippen MR) is 74.2 cm³/mol. The number of nitrogens with zero attached hydrogens (tertiary/aromatic N) is 1. The molecule has 19 heavy (non-hydrogen) atoms. The third kappa shape index (κ3) is 4.26. The first kappa shape index (κ1) is 16.1. The minimum absolute atomic E-state index is 0.166. The van der Waals surface area contributed by atoms with Gasteiger partial charge in [-0.25, -0.2) is 17.5 Å². The summed E-state index contributed by atoms with van der Waals surface area (Å²) in [4.78, 5) is 2.07. The van der Waals surface area contributed by atoms with Crippen LogP contribution in [0.1, 0.15) is 18.1 Å². The summed E-state index contributed by atoms with van der Waals surface area (Å²) in [5.41, 5.74) is 0.837. The summed E-state index contributed by atoms with van der Waals surface area (Å²) in [7, 11) is 0.122. The van der Waals surface area contributed by atoms with E-state index in [9.17, 15) is 12.8 Å². The topological polar surface area (TPSA) is 49.4 Å². The van der Waals surface area contributed by atoms with E-state index in [1.807, 2.05) is 19.0 Å². The van der Waals surface area contributed by atoms with Gasteiger partial charge in [0, 0.05) is 12.6 Å². The van der Waals surface area contributed by atoms with Gasteiger partial charge in [-0.15, -0.1) is 0 Å². The number of hydrogen-bond acceptors (Lipinski definition) is 3. The number of sulfonamides is 1. The van der Waals surface area contributed by atoms with Crippen LogP contribution in [0, 0.1) is 19.7 Å². The van der Waals surface area contributed by atoms with Gasteiger partial charge in [-0.3, -0.25) is 0 Å². The highest BCUT2D eigenvalue weighted by atomic mass is 32.2. The van der Waals surface area contributed by atoms with Crippen LogP contribution in [0.5, 0.6) is 0 Å². The number of hydrogen-bond donors (Lipinski definition) is 1. The molecule has 1 unspecified atom stereocenters. The molecular formula is C13H21FN2O2S. The molecule has 0 aliphatic heterocycles. The number of nitrogens with one attached hydrogen (secondary N) is 1. The Bertz CT molecular complexity index is 533. The summed E-state index contributed by atoms with van der Waals surface area (Å²) in [5, 5.41) is 0. The van der Waals surface area contributed by atoms with Crippen LogP contribution < -0.4 is 4.72 Å². The van der Waals surface area contributed by atoms with Crippen molar-refractivity contribution in [2.75, 3.05) is 20.6 Å². The zero-order chi connectivity index (χ0) is 14.8. The molecule has 1 N–H and O–H groups in total. The second kappa shape index (κ2) is 5.98. The summed E-state index contributed by atoms with van der Waals surface area (Å²) in [6.07, 6.45) is 0. The van der Waals surface area contributed by atoms with Crippen molar-refractivity contribution in [3.05, 3.63) is 29.1 Å². The van der Waals surface area contributed by atoms with Gasteiger partial charge < -0.3 is 4.90 Å². The Balaban J connectivity index is 3.08. The molecule has 0 fully saturated rings. The normalized spacial score (nSPS) is 13.8. The molecule has 1 aromatic rings.